The fourth-order valence-corrected chi connectivity index (χ4v) is 2.87. The average molecular weight is 329 g/mol. The number of rotatable bonds is 4. The van der Waals surface area contributed by atoms with E-state index < -0.39 is 0 Å². The Labute approximate surface area is 120 Å². The molecule has 0 spiro atoms. The van der Waals surface area contributed by atoms with Crippen LogP contribution in [-0.4, -0.2) is 22.2 Å². The molecule has 0 saturated heterocycles. The van der Waals surface area contributed by atoms with Crippen molar-refractivity contribution in [2.45, 2.75) is 44.4 Å². The molecule has 0 aliphatic heterocycles. The van der Waals surface area contributed by atoms with Gasteiger partial charge in [0.1, 0.15) is 0 Å². The Hall–Kier alpha value is -0.980. The zero-order chi connectivity index (χ0) is 13.8. The molecule has 1 saturated carbocycles. The second kappa shape index (κ2) is 6.45. The van der Waals surface area contributed by atoms with Crippen molar-refractivity contribution < 1.29 is 10.0 Å². The van der Waals surface area contributed by atoms with Gasteiger partial charge in [-0.25, -0.2) is 0 Å². The lowest BCUT2D eigenvalue weighted by atomic mass is 9.92. The van der Waals surface area contributed by atoms with Crippen LogP contribution in [0.4, 0.5) is 5.69 Å². The van der Waals surface area contributed by atoms with Crippen molar-refractivity contribution in [1.29, 1.82) is 0 Å². The van der Waals surface area contributed by atoms with E-state index in [1.165, 1.54) is 6.07 Å². The highest BCUT2D eigenvalue weighted by Crippen LogP contribution is 2.24. The molecule has 0 radical (unpaired) electrons. The van der Waals surface area contributed by atoms with E-state index in [4.69, 9.17) is 0 Å². The number of halogens is 1. The lowest BCUT2D eigenvalue weighted by molar-refractivity contribution is -0.385. The first-order chi connectivity index (χ1) is 9.08. The quantitative estimate of drug-likeness (QED) is 0.658. The average Bonchev–Trinajstić information content (AvgIpc) is 2.37. The highest BCUT2D eigenvalue weighted by Gasteiger charge is 2.23. The van der Waals surface area contributed by atoms with Crippen molar-refractivity contribution in [2.24, 2.45) is 0 Å². The molecule has 104 valence electrons. The molecule has 1 aliphatic rings. The van der Waals surface area contributed by atoms with Gasteiger partial charge in [-0.05, 0) is 25.0 Å². The van der Waals surface area contributed by atoms with Gasteiger partial charge >= 0.3 is 0 Å². The van der Waals surface area contributed by atoms with Gasteiger partial charge in [0.25, 0.3) is 5.69 Å². The smallest absolute Gasteiger partial charge is 0.273 e. The molecule has 0 aromatic heterocycles. The molecule has 0 heterocycles. The Morgan fingerprint density at radius 3 is 2.84 bits per heavy atom. The number of benzene rings is 1. The van der Waals surface area contributed by atoms with Crippen molar-refractivity contribution >= 4 is 21.6 Å². The van der Waals surface area contributed by atoms with Gasteiger partial charge in [0.15, 0.2) is 0 Å². The number of nitrogens with zero attached hydrogens (tertiary/aromatic N) is 1. The third-order valence-electron chi connectivity index (χ3n) is 3.52. The minimum Gasteiger partial charge on any atom is -0.392 e. The van der Waals surface area contributed by atoms with Crippen LogP contribution in [0.1, 0.15) is 31.2 Å². The zero-order valence-electron chi connectivity index (χ0n) is 10.5. The van der Waals surface area contributed by atoms with Crippen LogP contribution in [0.2, 0.25) is 0 Å². The predicted molar refractivity (Wildman–Crippen MR) is 75.9 cm³/mol. The van der Waals surface area contributed by atoms with Crippen LogP contribution in [0, 0.1) is 10.1 Å². The number of aliphatic hydroxyl groups is 1. The highest BCUT2D eigenvalue weighted by molar-refractivity contribution is 9.10. The van der Waals surface area contributed by atoms with E-state index in [9.17, 15) is 15.2 Å². The maximum atomic E-state index is 11.0. The number of hydrogen-bond acceptors (Lipinski definition) is 4. The second-order valence-corrected chi connectivity index (χ2v) is 5.79. The van der Waals surface area contributed by atoms with Crippen molar-refractivity contribution in [3.63, 3.8) is 0 Å². The minimum atomic E-state index is -0.374. The molecule has 2 N–H and O–H groups in total. The van der Waals surface area contributed by atoms with Crippen molar-refractivity contribution in [3.05, 3.63) is 38.3 Å². The lowest BCUT2D eigenvalue weighted by Crippen LogP contribution is -2.41. The standard InChI is InChI=1S/C13H17BrN2O3/c14-10-5-6-12(16(18)19)9(7-10)8-15-11-3-1-2-4-13(11)17/h5-7,11,13,15,17H,1-4,8H2. The molecule has 2 atom stereocenters. The van der Waals surface area contributed by atoms with E-state index in [1.54, 1.807) is 12.1 Å². The fraction of sp³-hybridized carbons (Fsp3) is 0.538. The number of hydrogen-bond donors (Lipinski definition) is 2. The molecular formula is C13H17BrN2O3. The van der Waals surface area contributed by atoms with Gasteiger partial charge in [0.2, 0.25) is 0 Å². The van der Waals surface area contributed by atoms with Crippen molar-refractivity contribution in [1.82, 2.24) is 5.32 Å². The van der Waals surface area contributed by atoms with Crippen molar-refractivity contribution in [2.75, 3.05) is 0 Å². The summed E-state index contributed by atoms with van der Waals surface area (Å²) in [6.07, 6.45) is 3.52. The van der Waals surface area contributed by atoms with Gasteiger partial charge < -0.3 is 10.4 Å². The molecule has 1 fully saturated rings. The molecule has 0 amide bonds. The lowest BCUT2D eigenvalue weighted by Gasteiger charge is -2.28. The Morgan fingerprint density at radius 2 is 2.16 bits per heavy atom. The Balaban J connectivity index is 2.05. The number of aliphatic hydroxyl groups excluding tert-OH is 1. The van der Waals surface area contributed by atoms with Crippen LogP contribution in [0.3, 0.4) is 0 Å². The third-order valence-corrected chi connectivity index (χ3v) is 4.02. The molecular weight excluding hydrogens is 312 g/mol. The first kappa shape index (κ1) is 14.4. The van der Waals surface area contributed by atoms with Gasteiger partial charge in [-0.1, -0.05) is 28.8 Å². The monoisotopic (exact) mass is 328 g/mol. The summed E-state index contributed by atoms with van der Waals surface area (Å²) in [4.78, 5) is 10.6. The molecule has 1 aromatic rings. The minimum absolute atomic E-state index is 0.0346. The highest BCUT2D eigenvalue weighted by atomic mass is 79.9. The first-order valence-electron chi connectivity index (χ1n) is 6.42. The predicted octanol–water partition coefficient (Wildman–Crippen LogP) is 2.75. The number of nitro groups is 1. The summed E-state index contributed by atoms with van der Waals surface area (Å²) < 4.78 is 0.819. The summed E-state index contributed by atoms with van der Waals surface area (Å²) >= 11 is 3.32. The summed E-state index contributed by atoms with van der Waals surface area (Å²) in [7, 11) is 0. The van der Waals surface area contributed by atoms with Crippen LogP contribution >= 0.6 is 15.9 Å². The fourth-order valence-electron chi connectivity index (χ4n) is 2.46. The third kappa shape index (κ3) is 3.75. The van der Waals surface area contributed by atoms with Gasteiger partial charge in [-0.3, -0.25) is 10.1 Å². The van der Waals surface area contributed by atoms with E-state index in [-0.39, 0.29) is 22.8 Å². The maximum absolute atomic E-state index is 11.0. The molecule has 19 heavy (non-hydrogen) atoms. The molecule has 1 aliphatic carbocycles. The van der Waals surface area contributed by atoms with Gasteiger partial charge in [-0.15, -0.1) is 0 Å². The largest absolute Gasteiger partial charge is 0.392 e. The second-order valence-electron chi connectivity index (χ2n) is 4.87. The summed E-state index contributed by atoms with van der Waals surface area (Å²) in [6.45, 7) is 0.400. The molecule has 2 unspecified atom stereocenters. The summed E-state index contributed by atoms with van der Waals surface area (Å²) in [6, 6.07) is 4.95. The maximum Gasteiger partial charge on any atom is 0.273 e. The van der Waals surface area contributed by atoms with Gasteiger partial charge in [0.05, 0.1) is 11.0 Å². The van der Waals surface area contributed by atoms with E-state index in [0.29, 0.717) is 12.1 Å². The summed E-state index contributed by atoms with van der Waals surface area (Å²) in [5, 5.41) is 24.1. The normalized spacial score (nSPS) is 23.3. The summed E-state index contributed by atoms with van der Waals surface area (Å²) in [5.41, 5.74) is 0.748. The molecule has 5 nitrogen and oxygen atoms in total. The van der Waals surface area contributed by atoms with Crippen molar-refractivity contribution in [3.8, 4) is 0 Å². The van der Waals surface area contributed by atoms with E-state index >= 15 is 0 Å². The first-order valence-corrected chi connectivity index (χ1v) is 7.21. The molecule has 6 heteroatoms. The van der Waals surface area contributed by atoms with E-state index in [2.05, 4.69) is 21.2 Å². The van der Waals surface area contributed by atoms with Gasteiger partial charge in [0, 0.05) is 28.7 Å². The number of nitro benzene ring substituents is 1. The Kier molecular flexibility index (Phi) is 4.90. The topological polar surface area (TPSA) is 75.4 Å². The van der Waals surface area contributed by atoms with E-state index in [1.807, 2.05) is 0 Å². The van der Waals surface area contributed by atoms with Gasteiger partial charge in [-0.2, -0.15) is 0 Å². The Bertz CT molecular complexity index is 467. The van der Waals surface area contributed by atoms with Crippen LogP contribution in [-0.2, 0) is 6.54 Å². The van der Waals surface area contributed by atoms with Crippen LogP contribution in [0.25, 0.3) is 0 Å². The van der Waals surface area contributed by atoms with E-state index in [0.717, 1.165) is 30.2 Å². The molecule has 1 aromatic carbocycles. The van der Waals surface area contributed by atoms with Crippen LogP contribution in [0.15, 0.2) is 22.7 Å². The summed E-state index contributed by atoms with van der Waals surface area (Å²) in [5.74, 6) is 0. The molecule has 0 bridgehead atoms. The molecule has 2 rings (SSSR count). The number of nitrogens with one attached hydrogen (secondary N) is 1. The Morgan fingerprint density at radius 1 is 1.42 bits per heavy atom. The van der Waals surface area contributed by atoms with Crippen LogP contribution < -0.4 is 5.32 Å². The SMILES string of the molecule is O=[N+]([O-])c1ccc(Br)cc1CNC1CCCCC1O. The zero-order valence-corrected chi connectivity index (χ0v) is 12.1. The van der Waals surface area contributed by atoms with Crippen LogP contribution in [0.5, 0.6) is 0 Å².